The largest absolute Gasteiger partial charge is 0.478 e. The molecule has 8 heteroatoms. The molecule has 0 bridgehead atoms. The maximum absolute atomic E-state index is 13.2. The van der Waals surface area contributed by atoms with Gasteiger partial charge < -0.3 is 19.9 Å². The van der Waals surface area contributed by atoms with Crippen LogP contribution in [0.15, 0.2) is 29.3 Å². The van der Waals surface area contributed by atoms with Crippen molar-refractivity contribution in [2.45, 2.75) is 62.6 Å². The van der Waals surface area contributed by atoms with Crippen LogP contribution < -0.4 is 5.32 Å². The molecule has 2 saturated heterocycles. The summed E-state index contributed by atoms with van der Waals surface area (Å²) in [5.74, 6) is 0.533. The van der Waals surface area contributed by atoms with Crippen LogP contribution in [0.25, 0.3) is 0 Å². The van der Waals surface area contributed by atoms with E-state index in [2.05, 4.69) is 40.6 Å². The highest BCUT2D eigenvalue weighted by Gasteiger charge is 2.46. The van der Waals surface area contributed by atoms with Gasteiger partial charge in [0.25, 0.3) is 0 Å². The first-order valence-electron chi connectivity index (χ1n) is 12.5. The Morgan fingerprint density at radius 1 is 1.38 bits per heavy atom. The molecule has 1 amide bonds. The second-order valence-corrected chi connectivity index (χ2v) is 11.4. The number of ether oxygens (including phenoxy) is 1. The predicted molar refractivity (Wildman–Crippen MR) is 140 cm³/mol. The maximum atomic E-state index is 13.2. The van der Waals surface area contributed by atoms with Crippen molar-refractivity contribution < 1.29 is 11.0 Å². The minimum atomic E-state index is -0.284. The Hall–Kier alpha value is -2.24. The third kappa shape index (κ3) is 5.87. The first kappa shape index (κ1) is 24.9. The topological polar surface area (TPSA) is 81.0 Å². The van der Waals surface area contributed by atoms with E-state index in [-0.39, 0.29) is 35.8 Å². The number of hydrogen-bond donors (Lipinski definition) is 1. The van der Waals surface area contributed by atoms with Crippen molar-refractivity contribution in [3.63, 3.8) is 0 Å². The molecule has 34 heavy (non-hydrogen) atoms. The molecule has 1 N–H and O–H groups in total. The van der Waals surface area contributed by atoms with E-state index in [1.165, 1.54) is 31.5 Å². The summed E-state index contributed by atoms with van der Waals surface area (Å²) in [5, 5.41) is 12.6. The molecule has 0 aliphatic carbocycles. The predicted octanol–water partition coefficient (Wildman–Crippen LogP) is 4.01. The van der Waals surface area contributed by atoms with Crippen molar-refractivity contribution in [1.29, 1.82) is 5.26 Å². The summed E-state index contributed by atoms with van der Waals surface area (Å²) >= 11 is 1.63. The number of nitriles is 1. The summed E-state index contributed by atoms with van der Waals surface area (Å²) in [6, 6.07) is 10.8. The SMILES string of the molecule is CCN1C(=O)C(CNc2cccc(CCN3CCCC3)c2)S[C@H]1C(CC#N)C1=NC(C)(C)CO1.[HH]. The Labute approximate surface area is 209 Å². The van der Waals surface area contributed by atoms with Crippen LogP contribution in [0.1, 0.15) is 47.0 Å². The van der Waals surface area contributed by atoms with Crippen LogP contribution >= 0.6 is 11.8 Å². The molecule has 0 radical (unpaired) electrons. The van der Waals surface area contributed by atoms with Crippen molar-refractivity contribution in [1.82, 2.24) is 9.80 Å². The highest BCUT2D eigenvalue weighted by atomic mass is 32.2. The number of anilines is 1. The van der Waals surface area contributed by atoms with E-state index in [0.717, 1.165) is 18.7 Å². The average molecular weight is 486 g/mol. The summed E-state index contributed by atoms with van der Waals surface area (Å²) in [6.07, 6.45) is 3.97. The Morgan fingerprint density at radius 2 is 2.18 bits per heavy atom. The van der Waals surface area contributed by atoms with E-state index in [1.54, 1.807) is 11.8 Å². The van der Waals surface area contributed by atoms with Crippen LogP contribution in [0.3, 0.4) is 0 Å². The number of carbonyl (C=O) groups is 1. The fourth-order valence-electron chi connectivity index (χ4n) is 4.95. The molecule has 0 saturated carbocycles. The summed E-state index contributed by atoms with van der Waals surface area (Å²) in [5.41, 5.74) is 2.09. The second kappa shape index (κ2) is 11.0. The number of amides is 1. The van der Waals surface area contributed by atoms with Gasteiger partial charge in [-0.1, -0.05) is 12.1 Å². The lowest BCUT2D eigenvalue weighted by Gasteiger charge is -2.28. The fourth-order valence-corrected chi connectivity index (χ4v) is 6.52. The number of rotatable bonds is 10. The first-order valence-corrected chi connectivity index (χ1v) is 13.4. The molecule has 4 rings (SSSR count). The van der Waals surface area contributed by atoms with Gasteiger partial charge in [-0.2, -0.15) is 5.26 Å². The number of carbonyl (C=O) groups excluding carboxylic acids is 1. The summed E-state index contributed by atoms with van der Waals surface area (Å²) in [6.45, 7) is 11.3. The molecule has 186 valence electrons. The average Bonchev–Trinajstić information content (AvgIpc) is 3.54. The van der Waals surface area contributed by atoms with E-state index >= 15 is 0 Å². The number of aliphatic imine (C=N–C) groups is 1. The number of benzene rings is 1. The quantitative estimate of drug-likeness (QED) is 0.539. The van der Waals surface area contributed by atoms with Crippen LogP contribution in [-0.2, 0) is 16.0 Å². The molecular formula is C26H39N5O2S. The Bertz CT molecular complexity index is 944. The van der Waals surface area contributed by atoms with Gasteiger partial charge in [-0.25, -0.2) is 4.99 Å². The van der Waals surface area contributed by atoms with E-state index in [0.29, 0.717) is 25.6 Å². The van der Waals surface area contributed by atoms with Crippen molar-refractivity contribution in [3.8, 4) is 6.07 Å². The number of nitrogens with one attached hydrogen (secondary N) is 1. The van der Waals surface area contributed by atoms with Crippen molar-refractivity contribution in [3.05, 3.63) is 29.8 Å². The van der Waals surface area contributed by atoms with Crippen LogP contribution in [0.2, 0.25) is 0 Å². The van der Waals surface area contributed by atoms with E-state index in [1.807, 2.05) is 25.7 Å². The summed E-state index contributed by atoms with van der Waals surface area (Å²) < 4.78 is 5.89. The number of hydrogen-bond acceptors (Lipinski definition) is 7. The minimum absolute atomic E-state index is 0. The van der Waals surface area contributed by atoms with Gasteiger partial charge >= 0.3 is 0 Å². The summed E-state index contributed by atoms with van der Waals surface area (Å²) in [4.78, 5) is 22.4. The van der Waals surface area contributed by atoms with Gasteiger partial charge in [0.2, 0.25) is 5.91 Å². The van der Waals surface area contributed by atoms with Gasteiger partial charge in [-0.3, -0.25) is 4.79 Å². The lowest BCUT2D eigenvalue weighted by Crippen LogP contribution is -2.41. The van der Waals surface area contributed by atoms with Crippen LogP contribution in [0.4, 0.5) is 5.69 Å². The summed E-state index contributed by atoms with van der Waals surface area (Å²) in [7, 11) is 0. The van der Waals surface area contributed by atoms with Crippen LogP contribution in [0.5, 0.6) is 0 Å². The molecule has 0 aromatic heterocycles. The maximum Gasteiger partial charge on any atom is 0.238 e. The first-order chi connectivity index (χ1) is 16.4. The molecule has 1 aromatic rings. The lowest BCUT2D eigenvalue weighted by atomic mass is 10.0. The molecule has 0 spiro atoms. The number of thioether (sulfide) groups is 1. The molecule has 1 aromatic carbocycles. The number of likely N-dealkylation sites (tertiary alicyclic amines) is 1. The smallest absolute Gasteiger partial charge is 0.238 e. The molecule has 7 nitrogen and oxygen atoms in total. The van der Waals surface area contributed by atoms with Crippen molar-refractivity contribution in [2.24, 2.45) is 10.9 Å². The third-order valence-corrected chi connectivity index (χ3v) is 8.36. The monoisotopic (exact) mass is 485 g/mol. The highest BCUT2D eigenvalue weighted by Crippen LogP contribution is 2.39. The molecule has 3 heterocycles. The molecule has 2 unspecified atom stereocenters. The van der Waals surface area contributed by atoms with Crippen LogP contribution in [0, 0.1) is 17.2 Å². The molecule has 3 atom stereocenters. The normalized spacial score (nSPS) is 25.2. The Kier molecular flexibility index (Phi) is 8.05. The van der Waals surface area contributed by atoms with E-state index < -0.39 is 0 Å². The van der Waals surface area contributed by atoms with Crippen molar-refractivity contribution in [2.75, 3.05) is 44.6 Å². The second-order valence-electron chi connectivity index (χ2n) is 10.0. The Morgan fingerprint density at radius 3 is 2.85 bits per heavy atom. The van der Waals surface area contributed by atoms with Gasteiger partial charge in [0, 0.05) is 33.2 Å². The third-order valence-electron chi connectivity index (χ3n) is 6.80. The molecule has 3 aliphatic heterocycles. The minimum Gasteiger partial charge on any atom is -0.478 e. The lowest BCUT2D eigenvalue weighted by molar-refractivity contribution is -0.129. The zero-order valence-electron chi connectivity index (χ0n) is 20.6. The van der Waals surface area contributed by atoms with E-state index in [4.69, 9.17) is 9.73 Å². The Balaban J connectivity index is 0.00000342. The highest BCUT2D eigenvalue weighted by molar-refractivity contribution is 8.01. The zero-order chi connectivity index (χ0) is 24.1. The standard InChI is InChI=1S/C26H37N5O2S.H2/c1-4-31-24(32)22(34-25(31)21(10-12-27)23-29-26(2,3)18-33-23)17-28-20-9-7-8-19(16-20)11-15-30-13-5-6-14-30;/h7-9,16,21-22,25,28H,4-6,10-11,13-15,17-18H2,1-3H3;1H/t21?,22?,25-;/m0./s1. The van der Waals surface area contributed by atoms with Gasteiger partial charge in [-0.05, 0) is 70.8 Å². The van der Waals surface area contributed by atoms with Crippen molar-refractivity contribution >= 4 is 29.3 Å². The zero-order valence-corrected chi connectivity index (χ0v) is 21.4. The molecular weight excluding hydrogens is 446 g/mol. The molecule has 2 fully saturated rings. The molecule has 3 aliphatic rings. The van der Waals surface area contributed by atoms with E-state index in [9.17, 15) is 10.1 Å². The van der Waals surface area contributed by atoms with Gasteiger partial charge in [0.15, 0.2) is 5.90 Å². The number of nitrogens with zero attached hydrogens (tertiary/aromatic N) is 4. The van der Waals surface area contributed by atoms with Gasteiger partial charge in [0.05, 0.1) is 22.9 Å². The fraction of sp³-hybridized carbons (Fsp3) is 0.654. The van der Waals surface area contributed by atoms with Gasteiger partial charge in [0.1, 0.15) is 11.9 Å². The van der Waals surface area contributed by atoms with Crippen LogP contribution in [-0.4, -0.2) is 77.1 Å². The van der Waals surface area contributed by atoms with Gasteiger partial charge in [-0.15, -0.1) is 11.8 Å².